The van der Waals surface area contributed by atoms with E-state index in [1.165, 1.54) is 36.4 Å². The van der Waals surface area contributed by atoms with Gasteiger partial charge in [-0.2, -0.15) is 0 Å². The van der Waals surface area contributed by atoms with E-state index in [1.807, 2.05) is 0 Å². The summed E-state index contributed by atoms with van der Waals surface area (Å²) < 4.78 is 10.0. The van der Waals surface area contributed by atoms with Crippen LogP contribution in [0.25, 0.3) is 0 Å². The molecule has 203 valence electrons. The first kappa shape index (κ1) is 30.6. The van der Waals surface area contributed by atoms with E-state index in [9.17, 15) is 30.0 Å². The van der Waals surface area contributed by atoms with Crippen molar-refractivity contribution in [2.75, 3.05) is 0 Å². The van der Waals surface area contributed by atoms with Gasteiger partial charge in [-0.25, -0.2) is 0 Å². The van der Waals surface area contributed by atoms with Crippen LogP contribution in [0.1, 0.15) is 36.5 Å². The van der Waals surface area contributed by atoms with Crippen molar-refractivity contribution in [3.8, 4) is 23.4 Å². The quantitative estimate of drug-likeness (QED) is 0.196. The first-order valence-corrected chi connectivity index (χ1v) is 11.3. The molecule has 4 rings (SSSR count). The number of aryl methyl sites for hydroxylation is 2. The van der Waals surface area contributed by atoms with Crippen LogP contribution in [0.3, 0.4) is 0 Å². The van der Waals surface area contributed by atoms with Gasteiger partial charge in [-0.3, -0.25) is 19.6 Å². The minimum absolute atomic E-state index is 0. The largest absolute Gasteiger partial charge is 0.508 e. The van der Waals surface area contributed by atoms with Gasteiger partial charge in [0.1, 0.15) is 34.1 Å². The van der Waals surface area contributed by atoms with Crippen molar-refractivity contribution >= 4 is 22.8 Å². The van der Waals surface area contributed by atoms with Crippen molar-refractivity contribution in [3.05, 3.63) is 104 Å². The first-order chi connectivity index (χ1) is 17.9. The number of aromatic hydroxyl groups is 4. The predicted molar refractivity (Wildman–Crippen MR) is 143 cm³/mol. The minimum atomic E-state index is -0.440. The topological polar surface area (TPSA) is 166 Å². The maximum Gasteiger partial charge on any atom is 0.295 e. The molecule has 10 nitrogen and oxygen atoms in total. The van der Waals surface area contributed by atoms with Crippen LogP contribution >= 0.6 is 0 Å². The van der Waals surface area contributed by atoms with Crippen LogP contribution in [0.15, 0.2) is 89.1 Å². The summed E-state index contributed by atoms with van der Waals surface area (Å²) in [7, 11) is 0. The summed E-state index contributed by atoms with van der Waals surface area (Å²) in [4.78, 5) is 32.0. The normalized spacial score (nSPS) is 11.3. The molecular weight excluding hydrogens is 547 g/mol. The molecule has 0 aliphatic rings. The predicted octanol–water partition coefficient (Wildman–Crippen LogP) is 5.00. The molecule has 4 aromatic rings. The summed E-state index contributed by atoms with van der Waals surface area (Å²) >= 11 is 0. The zero-order chi connectivity index (χ0) is 28.0. The SMILES string of the molecule is CC(=Nc1ccc(O)cc1)c1c(O)oc(C)cc1=O.CC(=Nc1ccc(O)cc1)c1c(O)oc(C)cc1=O.[Mn]. The van der Waals surface area contributed by atoms with Crippen LogP contribution in [0.5, 0.6) is 23.4 Å². The third-order valence-electron chi connectivity index (χ3n) is 5.12. The van der Waals surface area contributed by atoms with Crippen molar-refractivity contribution in [2.24, 2.45) is 9.98 Å². The Bertz CT molecular complexity index is 1500. The molecule has 0 aliphatic carbocycles. The Kier molecular flexibility index (Phi) is 10.4. The zero-order valence-electron chi connectivity index (χ0n) is 21.5. The fraction of sp³-hybridized carbons (Fsp3) is 0.143. The molecule has 0 bridgehead atoms. The van der Waals surface area contributed by atoms with Crippen molar-refractivity contribution in [3.63, 3.8) is 0 Å². The van der Waals surface area contributed by atoms with E-state index in [-0.39, 0.29) is 50.6 Å². The van der Waals surface area contributed by atoms with Crippen LogP contribution in [0.4, 0.5) is 11.4 Å². The molecule has 0 spiro atoms. The number of phenols is 2. The molecule has 0 saturated heterocycles. The molecule has 0 fully saturated rings. The third kappa shape index (κ3) is 8.19. The molecule has 4 N–H and O–H groups in total. The fourth-order valence-electron chi connectivity index (χ4n) is 3.41. The Balaban J connectivity index is 0.000000267. The summed E-state index contributed by atoms with van der Waals surface area (Å²) in [5, 5.41) is 37.7. The van der Waals surface area contributed by atoms with E-state index in [0.29, 0.717) is 34.3 Å². The molecule has 1 radical (unpaired) electrons. The van der Waals surface area contributed by atoms with Gasteiger partial charge in [-0.1, -0.05) is 0 Å². The molecule has 2 aromatic heterocycles. The number of benzene rings is 2. The second-order valence-corrected chi connectivity index (χ2v) is 8.23. The second-order valence-electron chi connectivity index (χ2n) is 8.23. The maximum absolute atomic E-state index is 11.8. The second kappa shape index (κ2) is 13.3. The standard InChI is InChI=1S/2C14H13NO4.Mn/c2*1-8-7-12(17)13(14(18)19-8)9(2)15-10-3-5-11(16)6-4-10;/h2*3-7,16,18H,1-2H3;. The zero-order valence-corrected chi connectivity index (χ0v) is 22.6. The van der Waals surface area contributed by atoms with E-state index in [1.54, 1.807) is 52.0 Å². The van der Waals surface area contributed by atoms with Crippen LogP contribution in [-0.4, -0.2) is 31.8 Å². The molecule has 0 saturated carbocycles. The summed E-state index contributed by atoms with van der Waals surface area (Å²) in [5.41, 5.74) is 1.21. The number of rotatable bonds is 4. The Morgan fingerprint density at radius 3 is 1.21 bits per heavy atom. The van der Waals surface area contributed by atoms with Gasteiger partial charge in [-0.05, 0) is 76.2 Å². The van der Waals surface area contributed by atoms with Crippen molar-refractivity contribution in [2.45, 2.75) is 27.7 Å². The number of phenolic OH excluding ortho intramolecular Hbond substituents is 2. The van der Waals surface area contributed by atoms with Crippen LogP contribution in [0.2, 0.25) is 0 Å². The number of aliphatic imine (C=N–C) groups is 2. The molecule has 0 amide bonds. The monoisotopic (exact) mass is 573 g/mol. The van der Waals surface area contributed by atoms with E-state index in [0.717, 1.165) is 0 Å². The average molecular weight is 573 g/mol. The fourth-order valence-corrected chi connectivity index (χ4v) is 3.41. The van der Waals surface area contributed by atoms with Crippen LogP contribution in [-0.2, 0) is 17.1 Å². The molecule has 0 aliphatic heterocycles. The third-order valence-corrected chi connectivity index (χ3v) is 5.12. The average Bonchev–Trinajstić information content (AvgIpc) is 2.81. The van der Waals surface area contributed by atoms with E-state index in [2.05, 4.69) is 9.98 Å². The molecular formula is C28H26MnN2O8. The Hall–Kier alpha value is -4.60. The van der Waals surface area contributed by atoms with Crippen molar-refractivity contribution in [1.29, 1.82) is 0 Å². The van der Waals surface area contributed by atoms with Gasteiger partial charge < -0.3 is 29.3 Å². The Morgan fingerprint density at radius 1 is 0.615 bits per heavy atom. The van der Waals surface area contributed by atoms with Crippen molar-refractivity contribution in [1.82, 2.24) is 0 Å². The molecule has 0 unspecified atom stereocenters. The minimum Gasteiger partial charge on any atom is -0.508 e. The summed E-state index contributed by atoms with van der Waals surface area (Å²) in [6.07, 6.45) is 0. The van der Waals surface area contributed by atoms with Gasteiger partial charge in [0.25, 0.3) is 11.9 Å². The Morgan fingerprint density at radius 2 is 0.923 bits per heavy atom. The molecule has 2 aromatic carbocycles. The number of nitrogens with zero attached hydrogens (tertiary/aromatic N) is 2. The van der Waals surface area contributed by atoms with Crippen LogP contribution in [0, 0.1) is 13.8 Å². The summed E-state index contributed by atoms with van der Waals surface area (Å²) in [5.74, 6) is 0.0611. The van der Waals surface area contributed by atoms with Gasteiger partial charge >= 0.3 is 0 Å². The molecule has 2 heterocycles. The summed E-state index contributed by atoms with van der Waals surface area (Å²) in [6.45, 7) is 6.37. The molecule has 39 heavy (non-hydrogen) atoms. The smallest absolute Gasteiger partial charge is 0.295 e. The van der Waals surface area contributed by atoms with Gasteiger partial charge in [0.2, 0.25) is 0 Å². The number of hydrogen-bond donors (Lipinski definition) is 4. The maximum atomic E-state index is 11.8. The summed E-state index contributed by atoms with van der Waals surface area (Å²) in [6, 6.07) is 15.0. The van der Waals surface area contributed by atoms with E-state index < -0.39 is 11.9 Å². The molecule has 11 heteroatoms. The van der Waals surface area contributed by atoms with Crippen LogP contribution < -0.4 is 10.9 Å². The van der Waals surface area contributed by atoms with Gasteiger partial charge in [0, 0.05) is 29.2 Å². The van der Waals surface area contributed by atoms with E-state index >= 15 is 0 Å². The van der Waals surface area contributed by atoms with Gasteiger partial charge in [0.05, 0.1) is 22.8 Å². The van der Waals surface area contributed by atoms with E-state index in [4.69, 9.17) is 8.83 Å². The Labute approximate surface area is 233 Å². The van der Waals surface area contributed by atoms with Gasteiger partial charge in [0.15, 0.2) is 10.9 Å². The number of hydrogen-bond acceptors (Lipinski definition) is 10. The van der Waals surface area contributed by atoms with Gasteiger partial charge in [-0.15, -0.1) is 0 Å². The molecule has 0 atom stereocenters. The first-order valence-electron chi connectivity index (χ1n) is 11.3. The van der Waals surface area contributed by atoms with Crippen molar-refractivity contribution < 1.29 is 46.3 Å².